The second-order valence-corrected chi connectivity index (χ2v) is 7.68. The molecule has 0 saturated heterocycles. The number of nitrogens with one attached hydrogen (secondary N) is 1. The Labute approximate surface area is 146 Å². The van der Waals surface area contributed by atoms with Crippen molar-refractivity contribution in [3.8, 4) is 0 Å². The van der Waals surface area contributed by atoms with Crippen molar-refractivity contribution >= 4 is 21.4 Å². The monoisotopic (exact) mass is 355 g/mol. The topological polar surface area (TPSA) is 81.1 Å². The zero-order valence-corrected chi connectivity index (χ0v) is 14.4. The normalized spacial score (nSPS) is 11.2. The standard InChI is InChI=1S/C18H17N3O3S/c1-25(23,24)17-9-5-8-16(10-17)20-18(22)15-11-19-21(13-15)12-14-6-3-2-4-7-14/h2-11,13H,12H2,1H3,(H,20,22). The zero-order chi connectivity index (χ0) is 17.9. The van der Waals surface area contributed by atoms with E-state index in [1.807, 2.05) is 30.3 Å². The van der Waals surface area contributed by atoms with Crippen molar-refractivity contribution in [1.29, 1.82) is 0 Å². The minimum atomic E-state index is -3.32. The molecule has 0 atom stereocenters. The van der Waals surface area contributed by atoms with Crippen molar-refractivity contribution in [2.75, 3.05) is 11.6 Å². The fourth-order valence-corrected chi connectivity index (χ4v) is 3.01. The molecular formula is C18H17N3O3S. The van der Waals surface area contributed by atoms with E-state index in [0.717, 1.165) is 11.8 Å². The highest BCUT2D eigenvalue weighted by molar-refractivity contribution is 7.90. The molecule has 6 nitrogen and oxygen atoms in total. The molecule has 1 heterocycles. The molecule has 0 bridgehead atoms. The lowest BCUT2D eigenvalue weighted by Gasteiger charge is -2.05. The van der Waals surface area contributed by atoms with Gasteiger partial charge < -0.3 is 5.32 Å². The number of nitrogens with zero attached hydrogens (tertiary/aromatic N) is 2. The van der Waals surface area contributed by atoms with Gasteiger partial charge in [0.1, 0.15) is 0 Å². The average molecular weight is 355 g/mol. The maximum Gasteiger partial charge on any atom is 0.258 e. The van der Waals surface area contributed by atoms with Gasteiger partial charge in [0.15, 0.2) is 9.84 Å². The first-order chi connectivity index (χ1) is 11.9. The Bertz CT molecular complexity index is 995. The van der Waals surface area contributed by atoms with E-state index in [4.69, 9.17) is 0 Å². The number of carbonyl (C=O) groups is 1. The number of aromatic nitrogens is 2. The van der Waals surface area contributed by atoms with E-state index in [1.165, 1.54) is 18.3 Å². The van der Waals surface area contributed by atoms with Gasteiger partial charge in [0.05, 0.1) is 23.2 Å². The summed E-state index contributed by atoms with van der Waals surface area (Å²) >= 11 is 0. The van der Waals surface area contributed by atoms with Crippen LogP contribution in [0.25, 0.3) is 0 Å². The van der Waals surface area contributed by atoms with E-state index < -0.39 is 9.84 Å². The third-order valence-electron chi connectivity index (χ3n) is 3.60. The van der Waals surface area contributed by atoms with Crippen LogP contribution >= 0.6 is 0 Å². The summed E-state index contributed by atoms with van der Waals surface area (Å²) in [7, 11) is -3.32. The highest BCUT2D eigenvalue weighted by Gasteiger charge is 2.12. The maximum atomic E-state index is 12.3. The molecule has 0 aliphatic rings. The summed E-state index contributed by atoms with van der Waals surface area (Å²) in [5, 5.41) is 6.88. The minimum Gasteiger partial charge on any atom is -0.322 e. The SMILES string of the molecule is CS(=O)(=O)c1cccc(NC(=O)c2cnn(Cc3ccccc3)c2)c1. The van der Waals surface area contributed by atoms with Crippen LogP contribution in [0.4, 0.5) is 5.69 Å². The second kappa shape index (κ2) is 6.90. The van der Waals surface area contributed by atoms with E-state index in [9.17, 15) is 13.2 Å². The Kier molecular flexibility index (Phi) is 4.67. The van der Waals surface area contributed by atoms with Crippen LogP contribution in [-0.2, 0) is 16.4 Å². The molecule has 1 amide bonds. The Hall–Kier alpha value is -2.93. The molecule has 0 saturated carbocycles. The molecule has 0 spiro atoms. The first-order valence-corrected chi connectivity index (χ1v) is 9.49. The quantitative estimate of drug-likeness (QED) is 0.763. The molecule has 7 heteroatoms. The lowest BCUT2D eigenvalue weighted by atomic mass is 10.2. The van der Waals surface area contributed by atoms with Crippen molar-refractivity contribution in [1.82, 2.24) is 9.78 Å². The van der Waals surface area contributed by atoms with Crippen LogP contribution in [0.1, 0.15) is 15.9 Å². The highest BCUT2D eigenvalue weighted by atomic mass is 32.2. The fourth-order valence-electron chi connectivity index (χ4n) is 2.35. The van der Waals surface area contributed by atoms with Crippen molar-refractivity contribution in [2.45, 2.75) is 11.4 Å². The minimum absolute atomic E-state index is 0.157. The number of benzene rings is 2. The largest absolute Gasteiger partial charge is 0.322 e. The van der Waals surface area contributed by atoms with Crippen LogP contribution in [0.15, 0.2) is 71.9 Å². The Morgan fingerprint density at radius 3 is 2.60 bits per heavy atom. The third kappa shape index (κ3) is 4.33. The van der Waals surface area contributed by atoms with Gasteiger partial charge in [-0.1, -0.05) is 36.4 Å². The summed E-state index contributed by atoms with van der Waals surface area (Å²) in [6.07, 6.45) is 4.27. The van der Waals surface area contributed by atoms with Crippen molar-refractivity contribution < 1.29 is 13.2 Å². The van der Waals surface area contributed by atoms with E-state index >= 15 is 0 Å². The Balaban J connectivity index is 1.72. The zero-order valence-electron chi connectivity index (χ0n) is 13.6. The van der Waals surface area contributed by atoms with Gasteiger partial charge in [0.2, 0.25) is 0 Å². The molecule has 1 N–H and O–H groups in total. The average Bonchev–Trinajstić information content (AvgIpc) is 3.04. The van der Waals surface area contributed by atoms with Crippen LogP contribution in [0.5, 0.6) is 0 Å². The van der Waals surface area contributed by atoms with E-state index in [-0.39, 0.29) is 10.8 Å². The van der Waals surface area contributed by atoms with E-state index in [1.54, 1.807) is 23.0 Å². The predicted octanol–water partition coefficient (Wildman–Crippen LogP) is 2.59. The number of anilines is 1. The summed E-state index contributed by atoms with van der Waals surface area (Å²) in [5.74, 6) is -0.343. The summed E-state index contributed by atoms with van der Waals surface area (Å²) in [4.78, 5) is 12.5. The molecule has 25 heavy (non-hydrogen) atoms. The first kappa shape index (κ1) is 16.9. The number of hydrogen-bond acceptors (Lipinski definition) is 4. The molecule has 0 unspecified atom stereocenters. The molecule has 1 aromatic heterocycles. The summed E-state index contributed by atoms with van der Waals surface area (Å²) in [5.41, 5.74) is 1.91. The molecular weight excluding hydrogens is 338 g/mol. The summed E-state index contributed by atoms with van der Waals surface area (Å²) in [6.45, 7) is 0.567. The molecule has 2 aromatic carbocycles. The maximum absolute atomic E-state index is 12.3. The van der Waals surface area contributed by atoms with Gasteiger partial charge in [-0.15, -0.1) is 0 Å². The molecule has 128 valence electrons. The lowest BCUT2D eigenvalue weighted by molar-refractivity contribution is 0.102. The number of amides is 1. The van der Waals surface area contributed by atoms with Gasteiger partial charge in [0, 0.05) is 18.1 Å². The predicted molar refractivity (Wildman–Crippen MR) is 95.3 cm³/mol. The van der Waals surface area contributed by atoms with Gasteiger partial charge in [-0.2, -0.15) is 5.10 Å². The van der Waals surface area contributed by atoms with Crippen molar-refractivity contribution in [2.24, 2.45) is 0 Å². The summed E-state index contributed by atoms with van der Waals surface area (Å²) in [6, 6.07) is 15.9. The molecule has 3 aromatic rings. The Morgan fingerprint density at radius 1 is 1.12 bits per heavy atom. The molecule has 0 aliphatic carbocycles. The van der Waals surface area contributed by atoms with Gasteiger partial charge in [-0.25, -0.2) is 8.42 Å². The number of carbonyl (C=O) groups excluding carboxylic acids is 1. The fraction of sp³-hybridized carbons (Fsp3) is 0.111. The van der Waals surface area contributed by atoms with Crippen LogP contribution in [-0.4, -0.2) is 30.4 Å². The van der Waals surface area contributed by atoms with E-state index in [2.05, 4.69) is 10.4 Å². The van der Waals surface area contributed by atoms with Crippen LogP contribution in [0.2, 0.25) is 0 Å². The first-order valence-electron chi connectivity index (χ1n) is 7.60. The van der Waals surface area contributed by atoms with Gasteiger partial charge in [0.25, 0.3) is 5.91 Å². The van der Waals surface area contributed by atoms with Crippen LogP contribution in [0.3, 0.4) is 0 Å². The second-order valence-electron chi connectivity index (χ2n) is 5.67. The lowest BCUT2D eigenvalue weighted by Crippen LogP contribution is -2.11. The molecule has 0 fully saturated rings. The Morgan fingerprint density at radius 2 is 1.88 bits per heavy atom. The van der Waals surface area contributed by atoms with Crippen LogP contribution in [0, 0.1) is 0 Å². The van der Waals surface area contributed by atoms with Gasteiger partial charge >= 0.3 is 0 Å². The number of rotatable bonds is 5. The smallest absolute Gasteiger partial charge is 0.258 e. The highest BCUT2D eigenvalue weighted by Crippen LogP contribution is 2.16. The number of sulfone groups is 1. The third-order valence-corrected chi connectivity index (χ3v) is 4.71. The molecule has 0 aliphatic heterocycles. The van der Waals surface area contributed by atoms with Gasteiger partial charge in [-0.05, 0) is 23.8 Å². The molecule has 3 rings (SSSR count). The van der Waals surface area contributed by atoms with Crippen molar-refractivity contribution in [3.63, 3.8) is 0 Å². The van der Waals surface area contributed by atoms with Gasteiger partial charge in [-0.3, -0.25) is 9.48 Å². The van der Waals surface area contributed by atoms with Crippen molar-refractivity contribution in [3.05, 3.63) is 78.1 Å². The van der Waals surface area contributed by atoms with Crippen LogP contribution < -0.4 is 5.32 Å². The number of hydrogen-bond donors (Lipinski definition) is 1. The molecule has 0 radical (unpaired) electrons. The summed E-state index contributed by atoms with van der Waals surface area (Å²) < 4.78 is 24.9. The van der Waals surface area contributed by atoms with E-state index in [0.29, 0.717) is 17.8 Å².